The predicted molar refractivity (Wildman–Crippen MR) is 72.5 cm³/mol. The lowest BCUT2D eigenvalue weighted by molar-refractivity contribution is -0.147. The van der Waals surface area contributed by atoms with Crippen molar-refractivity contribution in [2.75, 3.05) is 12.3 Å². The van der Waals surface area contributed by atoms with Gasteiger partial charge in [0.2, 0.25) is 0 Å². The van der Waals surface area contributed by atoms with Crippen molar-refractivity contribution < 1.29 is 23.0 Å². The van der Waals surface area contributed by atoms with E-state index in [-0.39, 0.29) is 12.2 Å². The van der Waals surface area contributed by atoms with E-state index in [2.05, 4.69) is 0 Å². The van der Waals surface area contributed by atoms with Crippen LogP contribution < -0.4 is 10.5 Å². The van der Waals surface area contributed by atoms with Gasteiger partial charge in [0.1, 0.15) is 24.0 Å². The standard InChI is InChI=1S/C15H13F2NO3/c16-13-2-1-3-14(17)12(13)8-21-15(19)9-20-11-6-4-10(18)5-7-11/h1-7H,8-9,18H2. The fraction of sp³-hybridized carbons (Fsp3) is 0.133. The van der Waals surface area contributed by atoms with Gasteiger partial charge >= 0.3 is 5.97 Å². The van der Waals surface area contributed by atoms with Crippen molar-refractivity contribution >= 4 is 11.7 Å². The molecule has 4 nitrogen and oxygen atoms in total. The maximum atomic E-state index is 13.3. The molecule has 0 radical (unpaired) electrons. The van der Waals surface area contributed by atoms with E-state index in [1.807, 2.05) is 0 Å². The van der Waals surface area contributed by atoms with Gasteiger partial charge in [-0.15, -0.1) is 0 Å². The van der Waals surface area contributed by atoms with Crippen molar-refractivity contribution in [1.29, 1.82) is 0 Å². The minimum absolute atomic E-state index is 0.293. The molecule has 2 rings (SSSR count). The average Bonchev–Trinajstić information content (AvgIpc) is 2.46. The molecule has 0 aliphatic rings. The van der Waals surface area contributed by atoms with Crippen molar-refractivity contribution in [2.24, 2.45) is 0 Å². The first-order chi connectivity index (χ1) is 10.1. The molecule has 0 saturated carbocycles. The first-order valence-corrected chi connectivity index (χ1v) is 6.13. The van der Waals surface area contributed by atoms with E-state index in [9.17, 15) is 13.6 Å². The highest BCUT2D eigenvalue weighted by Gasteiger charge is 2.11. The third-order valence-electron chi connectivity index (χ3n) is 2.68. The van der Waals surface area contributed by atoms with Gasteiger partial charge in [-0.25, -0.2) is 13.6 Å². The van der Waals surface area contributed by atoms with Crippen LogP contribution in [0.5, 0.6) is 5.75 Å². The van der Waals surface area contributed by atoms with Crippen molar-refractivity contribution in [3.05, 3.63) is 59.7 Å². The van der Waals surface area contributed by atoms with Gasteiger partial charge in [0.05, 0.1) is 5.56 Å². The van der Waals surface area contributed by atoms with Crippen molar-refractivity contribution in [2.45, 2.75) is 6.61 Å². The van der Waals surface area contributed by atoms with Gasteiger partial charge in [-0.3, -0.25) is 0 Å². The number of nitrogens with two attached hydrogens (primary N) is 1. The lowest BCUT2D eigenvalue weighted by atomic mass is 10.2. The van der Waals surface area contributed by atoms with Gasteiger partial charge in [0.25, 0.3) is 0 Å². The number of rotatable bonds is 5. The zero-order valence-electron chi connectivity index (χ0n) is 11.0. The second-order valence-electron chi connectivity index (χ2n) is 4.22. The number of benzene rings is 2. The van der Waals surface area contributed by atoms with Crippen molar-refractivity contribution in [3.63, 3.8) is 0 Å². The summed E-state index contributed by atoms with van der Waals surface area (Å²) in [4.78, 5) is 11.5. The minimum Gasteiger partial charge on any atom is -0.482 e. The molecule has 0 fully saturated rings. The zero-order valence-corrected chi connectivity index (χ0v) is 11.0. The molecule has 0 aliphatic carbocycles. The Morgan fingerprint density at radius 3 is 2.29 bits per heavy atom. The summed E-state index contributed by atoms with van der Waals surface area (Å²) in [6.07, 6.45) is 0. The van der Waals surface area contributed by atoms with E-state index in [1.165, 1.54) is 6.07 Å². The summed E-state index contributed by atoms with van der Waals surface area (Å²) >= 11 is 0. The molecule has 21 heavy (non-hydrogen) atoms. The monoisotopic (exact) mass is 293 g/mol. The van der Waals surface area contributed by atoms with E-state index in [0.29, 0.717) is 11.4 Å². The topological polar surface area (TPSA) is 61.5 Å². The Bertz CT molecular complexity index is 609. The summed E-state index contributed by atoms with van der Waals surface area (Å²) in [6.45, 7) is -0.845. The quantitative estimate of drug-likeness (QED) is 0.680. The molecule has 0 bridgehead atoms. The Balaban J connectivity index is 1.84. The van der Waals surface area contributed by atoms with Crippen LogP contribution in [0.4, 0.5) is 14.5 Å². The summed E-state index contributed by atoms with van der Waals surface area (Å²) in [5.41, 5.74) is 5.78. The van der Waals surface area contributed by atoms with Gasteiger partial charge in [-0.2, -0.15) is 0 Å². The predicted octanol–water partition coefficient (Wildman–Crippen LogP) is 2.67. The number of esters is 1. The van der Waals surface area contributed by atoms with Gasteiger partial charge in [0.15, 0.2) is 6.61 Å². The van der Waals surface area contributed by atoms with Crippen LogP contribution in [0, 0.1) is 11.6 Å². The summed E-state index contributed by atoms with van der Waals surface area (Å²) in [6, 6.07) is 9.86. The molecule has 0 aromatic heterocycles. The van der Waals surface area contributed by atoms with Crippen LogP contribution in [0.25, 0.3) is 0 Å². The second-order valence-corrected chi connectivity index (χ2v) is 4.22. The number of carbonyl (C=O) groups is 1. The Morgan fingerprint density at radius 2 is 1.67 bits per heavy atom. The molecular weight excluding hydrogens is 280 g/mol. The van der Waals surface area contributed by atoms with Crippen LogP contribution in [0.1, 0.15) is 5.56 Å². The number of hydrogen-bond donors (Lipinski definition) is 1. The first-order valence-electron chi connectivity index (χ1n) is 6.13. The molecule has 0 spiro atoms. The highest BCUT2D eigenvalue weighted by atomic mass is 19.1. The summed E-state index contributed by atoms with van der Waals surface area (Å²) in [5, 5.41) is 0. The molecule has 110 valence electrons. The number of carbonyl (C=O) groups excluding carboxylic acids is 1. The molecule has 0 atom stereocenters. The van der Waals surface area contributed by atoms with E-state index < -0.39 is 24.2 Å². The minimum atomic E-state index is -0.762. The average molecular weight is 293 g/mol. The molecule has 0 saturated heterocycles. The summed E-state index contributed by atoms with van der Waals surface area (Å²) < 4.78 is 36.6. The summed E-state index contributed by atoms with van der Waals surface area (Å²) in [7, 11) is 0. The molecule has 0 amide bonds. The SMILES string of the molecule is Nc1ccc(OCC(=O)OCc2c(F)cccc2F)cc1. The number of hydrogen-bond acceptors (Lipinski definition) is 4. The van der Waals surface area contributed by atoms with Crippen LogP contribution >= 0.6 is 0 Å². The maximum absolute atomic E-state index is 13.3. The van der Waals surface area contributed by atoms with Gasteiger partial charge < -0.3 is 15.2 Å². The fourth-order valence-electron chi connectivity index (χ4n) is 1.57. The Labute approximate surface area is 120 Å². The smallest absolute Gasteiger partial charge is 0.344 e. The summed E-state index contributed by atoms with van der Waals surface area (Å²) in [5.74, 6) is -1.81. The molecule has 0 unspecified atom stereocenters. The van der Waals surface area contributed by atoms with E-state index in [0.717, 1.165) is 12.1 Å². The van der Waals surface area contributed by atoms with E-state index in [1.54, 1.807) is 24.3 Å². The molecule has 2 aromatic rings. The molecular formula is C15H13F2NO3. The first kappa shape index (κ1) is 14.8. The largest absolute Gasteiger partial charge is 0.482 e. The van der Waals surface area contributed by atoms with E-state index in [4.69, 9.17) is 15.2 Å². The van der Waals surface area contributed by atoms with Crippen LogP contribution in [-0.4, -0.2) is 12.6 Å². The molecule has 0 aliphatic heterocycles. The number of ether oxygens (including phenoxy) is 2. The Hall–Kier alpha value is -2.63. The van der Waals surface area contributed by atoms with Crippen LogP contribution in [-0.2, 0) is 16.1 Å². The third-order valence-corrected chi connectivity index (χ3v) is 2.68. The zero-order chi connectivity index (χ0) is 15.2. The van der Waals surface area contributed by atoms with Crippen molar-refractivity contribution in [1.82, 2.24) is 0 Å². The lowest BCUT2D eigenvalue weighted by Crippen LogP contribution is -2.15. The number of nitrogen functional groups attached to an aromatic ring is 1. The lowest BCUT2D eigenvalue weighted by Gasteiger charge is -2.08. The normalized spacial score (nSPS) is 10.2. The highest BCUT2D eigenvalue weighted by Crippen LogP contribution is 2.14. The van der Waals surface area contributed by atoms with Crippen LogP contribution in [0.2, 0.25) is 0 Å². The number of halogens is 2. The third kappa shape index (κ3) is 4.17. The Kier molecular flexibility index (Phi) is 4.71. The van der Waals surface area contributed by atoms with Gasteiger partial charge in [-0.1, -0.05) is 6.07 Å². The molecule has 0 heterocycles. The second kappa shape index (κ2) is 6.69. The van der Waals surface area contributed by atoms with Crippen LogP contribution in [0.15, 0.2) is 42.5 Å². The van der Waals surface area contributed by atoms with Gasteiger partial charge in [-0.05, 0) is 36.4 Å². The van der Waals surface area contributed by atoms with E-state index >= 15 is 0 Å². The van der Waals surface area contributed by atoms with Gasteiger partial charge in [0, 0.05) is 5.69 Å². The molecule has 2 N–H and O–H groups in total. The van der Waals surface area contributed by atoms with Crippen LogP contribution in [0.3, 0.4) is 0 Å². The number of anilines is 1. The maximum Gasteiger partial charge on any atom is 0.344 e. The fourth-order valence-corrected chi connectivity index (χ4v) is 1.57. The van der Waals surface area contributed by atoms with Crippen molar-refractivity contribution in [3.8, 4) is 5.75 Å². The highest BCUT2D eigenvalue weighted by molar-refractivity contribution is 5.71. The molecule has 2 aromatic carbocycles. The Morgan fingerprint density at radius 1 is 1.05 bits per heavy atom. The molecule has 6 heteroatoms.